The van der Waals surface area contributed by atoms with Crippen molar-refractivity contribution >= 4 is 6.41 Å². The number of hydrogen-bond acceptors (Lipinski definition) is 3. The van der Waals surface area contributed by atoms with Crippen molar-refractivity contribution in [3.05, 3.63) is 28.9 Å². The molecule has 0 aliphatic carbocycles. The Hall–Kier alpha value is -1.65. The molecule has 1 aromatic rings. The largest absolute Gasteiger partial charge is 0.277 e. The summed E-state index contributed by atoms with van der Waals surface area (Å²) in [5.41, 5.74) is 1.82. The van der Waals surface area contributed by atoms with Gasteiger partial charge in [0.2, 0.25) is 6.41 Å². The first-order valence-corrected chi connectivity index (χ1v) is 2.57. The van der Waals surface area contributed by atoms with E-state index >= 15 is 0 Å². The van der Waals surface area contributed by atoms with E-state index in [4.69, 9.17) is 0 Å². The van der Waals surface area contributed by atoms with Crippen molar-refractivity contribution in [3.63, 3.8) is 0 Å². The van der Waals surface area contributed by atoms with Crippen LogP contribution in [0.4, 0.5) is 0 Å². The summed E-state index contributed by atoms with van der Waals surface area (Å²) in [6.45, 7) is 0. The Bertz CT molecular complexity index is 280. The lowest BCUT2D eigenvalue weighted by atomic mass is 10.7. The molecule has 5 nitrogen and oxygen atoms in total. The van der Waals surface area contributed by atoms with Gasteiger partial charge in [-0.2, -0.15) is 0 Å². The molecular weight excluding hydrogens is 134 g/mol. The first-order chi connectivity index (χ1) is 4.84. The maximum atomic E-state index is 10.7. The highest BCUT2D eigenvalue weighted by molar-refractivity contribution is 5.56. The summed E-state index contributed by atoms with van der Waals surface area (Å²) in [7, 11) is 0. The third kappa shape index (κ3) is 1.19. The van der Waals surface area contributed by atoms with Crippen molar-refractivity contribution in [1.82, 2.24) is 9.66 Å². The highest BCUT2D eigenvalue weighted by Gasteiger charge is 1.87. The number of carbonyl (C=O) groups is 1. The second kappa shape index (κ2) is 2.77. The van der Waals surface area contributed by atoms with Crippen molar-refractivity contribution in [1.29, 1.82) is 0 Å². The Morgan fingerprint density at radius 1 is 1.70 bits per heavy atom. The summed E-state index contributed by atoms with van der Waals surface area (Å²) < 4.78 is 0.979. The summed E-state index contributed by atoms with van der Waals surface area (Å²) in [5.74, 6) is 0. The molecule has 1 N–H and O–H groups in total. The number of aromatic nitrogens is 2. The molecule has 0 aliphatic heterocycles. The van der Waals surface area contributed by atoms with Crippen LogP contribution >= 0.6 is 0 Å². The lowest BCUT2D eigenvalue weighted by Gasteiger charge is -1.97. The molecule has 0 bridgehead atoms. The van der Waals surface area contributed by atoms with Gasteiger partial charge in [-0.05, 0) is 0 Å². The zero-order valence-electron chi connectivity index (χ0n) is 5.02. The molecule has 5 heteroatoms. The van der Waals surface area contributed by atoms with Gasteiger partial charge in [0.15, 0.2) is 0 Å². The SMILES string of the molecule is O=CNn1cnccc1=O. The van der Waals surface area contributed by atoms with E-state index < -0.39 is 0 Å². The predicted molar refractivity (Wildman–Crippen MR) is 33.9 cm³/mol. The fraction of sp³-hybridized carbons (Fsp3) is 0. The molecule has 0 spiro atoms. The average molecular weight is 139 g/mol. The second-order valence-corrected chi connectivity index (χ2v) is 1.54. The maximum absolute atomic E-state index is 10.7. The van der Waals surface area contributed by atoms with Crippen LogP contribution < -0.4 is 11.0 Å². The highest BCUT2D eigenvalue weighted by atomic mass is 16.2. The van der Waals surface area contributed by atoms with Crippen molar-refractivity contribution < 1.29 is 4.79 Å². The smallest absolute Gasteiger partial charge is 0.272 e. The molecule has 0 unspecified atom stereocenters. The van der Waals surface area contributed by atoms with E-state index in [1.165, 1.54) is 18.6 Å². The van der Waals surface area contributed by atoms with Crippen LogP contribution in [-0.4, -0.2) is 16.1 Å². The van der Waals surface area contributed by atoms with E-state index in [2.05, 4.69) is 10.4 Å². The molecule has 10 heavy (non-hydrogen) atoms. The number of nitrogens with zero attached hydrogens (tertiary/aromatic N) is 2. The molecule has 1 amide bonds. The summed E-state index contributed by atoms with van der Waals surface area (Å²) in [5, 5.41) is 0. The van der Waals surface area contributed by atoms with E-state index in [9.17, 15) is 9.59 Å². The summed E-state index contributed by atoms with van der Waals surface area (Å²) in [6.07, 6.45) is 2.98. The first kappa shape index (κ1) is 6.47. The van der Waals surface area contributed by atoms with Gasteiger partial charge in [0, 0.05) is 12.3 Å². The van der Waals surface area contributed by atoms with Crippen LogP contribution in [0.15, 0.2) is 23.4 Å². The molecule has 0 atom stereocenters. The fourth-order valence-electron chi connectivity index (χ4n) is 0.503. The van der Waals surface area contributed by atoms with Crippen LogP contribution in [-0.2, 0) is 4.79 Å². The molecule has 0 saturated heterocycles. The monoisotopic (exact) mass is 139 g/mol. The minimum Gasteiger partial charge on any atom is -0.277 e. The molecular formula is C5H5N3O2. The third-order valence-corrected chi connectivity index (χ3v) is 0.915. The van der Waals surface area contributed by atoms with Gasteiger partial charge in [-0.25, -0.2) is 9.66 Å². The molecule has 0 aromatic carbocycles. The lowest BCUT2D eigenvalue weighted by molar-refractivity contribution is -0.106. The van der Waals surface area contributed by atoms with Crippen molar-refractivity contribution in [3.8, 4) is 0 Å². The second-order valence-electron chi connectivity index (χ2n) is 1.54. The van der Waals surface area contributed by atoms with Gasteiger partial charge in [-0.1, -0.05) is 0 Å². The molecule has 0 saturated carbocycles. The predicted octanol–water partition coefficient (Wildman–Crippen LogP) is -1.06. The topological polar surface area (TPSA) is 64.0 Å². The van der Waals surface area contributed by atoms with Gasteiger partial charge in [-0.3, -0.25) is 15.0 Å². The standard InChI is InChI=1S/C5H5N3O2/c9-4-7-8-3-6-2-1-5(8)10/h1-4H,(H,7,9). The summed E-state index contributed by atoms with van der Waals surface area (Å²) >= 11 is 0. The molecule has 52 valence electrons. The Balaban J connectivity index is 3.03. The van der Waals surface area contributed by atoms with E-state index in [0.717, 1.165) is 4.68 Å². The van der Waals surface area contributed by atoms with Gasteiger partial charge in [0.05, 0.1) is 0 Å². The van der Waals surface area contributed by atoms with Gasteiger partial charge < -0.3 is 0 Å². The van der Waals surface area contributed by atoms with E-state index in [-0.39, 0.29) is 5.56 Å². The Labute approximate surface area is 56.3 Å². The molecule has 1 aromatic heterocycles. The van der Waals surface area contributed by atoms with Gasteiger partial charge in [-0.15, -0.1) is 0 Å². The minimum atomic E-state index is -0.317. The molecule has 0 radical (unpaired) electrons. The van der Waals surface area contributed by atoms with Crippen LogP contribution in [0.5, 0.6) is 0 Å². The van der Waals surface area contributed by atoms with Crippen molar-refractivity contribution in [2.45, 2.75) is 0 Å². The van der Waals surface area contributed by atoms with Crippen LogP contribution in [0.3, 0.4) is 0 Å². The van der Waals surface area contributed by atoms with E-state index in [0.29, 0.717) is 6.41 Å². The normalized spacial score (nSPS) is 8.80. The maximum Gasteiger partial charge on any atom is 0.272 e. The summed E-state index contributed by atoms with van der Waals surface area (Å²) in [4.78, 5) is 24.1. The zero-order chi connectivity index (χ0) is 7.40. The number of amides is 1. The Kier molecular flexibility index (Phi) is 1.79. The molecule has 0 aliphatic rings. The van der Waals surface area contributed by atoms with Crippen LogP contribution in [0.1, 0.15) is 0 Å². The van der Waals surface area contributed by atoms with Crippen molar-refractivity contribution in [2.24, 2.45) is 0 Å². The van der Waals surface area contributed by atoms with Crippen LogP contribution in [0.2, 0.25) is 0 Å². The van der Waals surface area contributed by atoms with Gasteiger partial charge in [0.1, 0.15) is 6.33 Å². The van der Waals surface area contributed by atoms with Crippen molar-refractivity contribution in [2.75, 3.05) is 5.43 Å². The number of hydrogen-bond donors (Lipinski definition) is 1. The molecule has 1 rings (SSSR count). The fourth-order valence-corrected chi connectivity index (χ4v) is 0.503. The molecule has 0 fully saturated rings. The number of rotatable bonds is 2. The van der Waals surface area contributed by atoms with Crippen LogP contribution in [0, 0.1) is 0 Å². The first-order valence-electron chi connectivity index (χ1n) is 2.57. The van der Waals surface area contributed by atoms with E-state index in [1.807, 2.05) is 0 Å². The molecule has 1 heterocycles. The average Bonchev–Trinajstić information content (AvgIpc) is 1.94. The number of carbonyl (C=O) groups excluding carboxylic acids is 1. The summed E-state index contributed by atoms with van der Waals surface area (Å²) in [6, 6.07) is 1.25. The van der Waals surface area contributed by atoms with Gasteiger partial charge in [0.25, 0.3) is 5.56 Å². The zero-order valence-corrected chi connectivity index (χ0v) is 5.02. The van der Waals surface area contributed by atoms with E-state index in [1.54, 1.807) is 0 Å². The number of nitrogens with one attached hydrogen (secondary N) is 1. The lowest BCUT2D eigenvalue weighted by Crippen LogP contribution is -2.26. The van der Waals surface area contributed by atoms with Crippen LogP contribution in [0.25, 0.3) is 0 Å². The Morgan fingerprint density at radius 2 is 2.50 bits per heavy atom. The third-order valence-electron chi connectivity index (χ3n) is 0.915. The van der Waals surface area contributed by atoms with Gasteiger partial charge >= 0.3 is 0 Å². The Morgan fingerprint density at radius 3 is 3.10 bits per heavy atom. The quantitative estimate of drug-likeness (QED) is 0.531. The minimum absolute atomic E-state index is 0.317. The highest BCUT2D eigenvalue weighted by Crippen LogP contribution is 1.67.